The molecule has 2 aromatic rings. The summed E-state index contributed by atoms with van der Waals surface area (Å²) in [6.07, 6.45) is 1.69. The Morgan fingerprint density at radius 3 is 2.88 bits per heavy atom. The van der Waals surface area contributed by atoms with Crippen molar-refractivity contribution in [1.29, 1.82) is 0 Å². The molecule has 1 unspecified atom stereocenters. The summed E-state index contributed by atoms with van der Waals surface area (Å²) in [5, 5.41) is 0. The number of rotatable bonds is 3. The zero-order chi connectivity index (χ0) is 11.5. The van der Waals surface area contributed by atoms with E-state index in [0.717, 1.165) is 4.88 Å². The Morgan fingerprint density at radius 2 is 2.31 bits per heavy atom. The zero-order valence-corrected chi connectivity index (χ0v) is 9.50. The van der Waals surface area contributed by atoms with Crippen LogP contribution in [0.3, 0.4) is 0 Å². The molecule has 0 saturated heterocycles. The van der Waals surface area contributed by atoms with Crippen LogP contribution in [-0.4, -0.2) is 12.1 Å². The minimum Gasteiger partial charge on any atom is -0.494 e. The molecule has 0 spiro atoms. The molecule has 3 nitrogen and oxygen atoms in total. The van der Waals surface area contributed by atoms with Gasteiger partial charge in [0.15, 0.2) is 11.6 Å². The summed E-state index contributed by atoms with van der Waals surface area (Å²) in [4.78, 5) is 4.85. The number of hydrogen-bond acceptors (Lipinski definition) is 4. The van der Waals surface area contributed by atoms with Gasteiger partial charge in [0.25, 0.3) is 0 Å². The van der Waals surface area contributed by atoms with Crippen LogP contribution in [0.4, 0.5) is 4.39 Å². The van der Waals surface area contributed by atoms with Gasteiger partial charge in [0.05, 0.1) is 18.7 Å². The number of ether oxygens (including phenoxy) is 1. The molecule has 0 bridgehead atoms. The Hall–Kier alpha value is -1.46. The highest BCUT2D eigenvalue weighted by molar-refractivity contribution is 7.09. The number of thiazole rings is 1. The second-order valence-electron chi connectivity index (χ2n) is 3.28. The fraction of sp³-hybridized carbons (Fsp3) is 0.182. The molecular weight excluding hydrogens is 227 g/mol. The van der Waals surface area contributed by atoms with Gasteiger partial charge < -0.3 is 10.5 Å². The molecule has 1 atom stereocenters. The van der Waals surface area contributed by atoms with E-state index in [1.54, 1.807) is 23.8 Å². The van der Waals surface area contributed by atoms with E-state index >= 15 is 0 Å². The number of halogens is 1. The smallest absolute Gasteiger partial charge is 0.165 e. The molecule has 1 heterocycles. The van der Waals surface area contributed by atoms with Crippen molar-refractivity contribution in [3.63, 3.8) is 0 Å². The van der Waals surface area contributed by atoms with Crippen molar-refractivity contribution in [2.24, 2.45) is 5.73 Å². The van der Waals surface area contributed by atoms with E-state index in [2.05, 4.69) is 4.98 Å². The number of nitrogens with two attached hydrogens (primary N) is 1. The quantitative estimate of drug-likeness (QED) is 0.892. The van der Waals surface area contributed by atoms with Crippen LogP contribution in [0.5, 0.6) is 5.75 Å². The second kappa shape index (κ2) is 4.59. The monoisotopic (exact) mass is 238 g/mol. The van der Waals surface area contributed by atoms with Crippen molar-refractivity contribution >= 4 is 11.3 Å². The summed E-state index contributed by atoms with van der Waals surface area (Å²) >= 11 is 1.45. The first-order chi connectivity index (χ1) is 7.72. The third-order valence-electron chi connectivity index (χ3n) is 2.29. The number of benzene rings is 1. The number of methoxy groups -OCH3 is 1. The van der Waals surface area contributed by atoms with Crippen molar-refractivity contribution in [2.75, 3.05) is 7.11 Å². The van der Waals surface area contributed by atoms with E-state index < -0.39 is 5.82 Å². The van der Waals surface area contributed by atoms with Crippen molar-refractivity contribution in [1.82, 2.24) is 4.98 Å². The molecule has 5 heteroatoms. The Bertz CT molecular complexity index is 473. The van der Waals surface area contributed by atoms with Crippen LogP contribution >= 0.6 is 11.3 Å². The fourth-order valence-corrected chi connectivity index (χ4v) is 2.07. The third kappa shape index (κ3) is 2.05. The predicted octanol–water partition coefficient (Wildman–Crippen LogP) is 2.34. The van der Waals surface area contributed by atoms with Gasteiger partial charge in [0.1, 0.15) is 0 Å². The fourth-order valence-electron chi connectivity index (χ4n) is 1.42. The van der Waals surface area contributed by atoms with E-state index in [9.17, 15) is 4.39 Å². The molecule has 0 saturated carbocycles. The standard InChI is InChI=1S/C11H11FN2OS/c1-15-9-3-2-7(4-8(9)12)11(13)10-5-14-6-16-10/h2-6,11H,13H2,1H3. The van der Waals surface area contributed by atoms with Gasteiger partial charge in [-0.2, -0.15) is 0 Å². The first kappa shape index (κ1) is 11.0. The number of nitrogens with zero attached hydrogens (tertiary/aromatic N) is 1. The Balaban J connectivity index is 2.31. The van der Waals surface area contributed by atoms with Crippen LogP contribution in [0.2, 0.25) is 0 Å². The van der Waals surface area contributed by atoms with Crippen molar-refractivity contribution in [2.45, 2.75) is 6.04 Å². The molecule has 2 rings (SSSR count). The van der Waals surface area contributed by atoms with E-state index in [0.29, 0.717) is 5.56 Å². The summed E-state index contributed by atoms with van der Waals surface area (Å²) in [5.41, 5.74) is 8.40. The lowest BCUT2D eigenvalue weighted by molar-refractivity contribution is 0.386. The van der Waals surface area contributed by atoms with Crippen LogP contribution in [0.1, 0.15) is 16.5 Å². The van der Waals surface area contributed by atoms with Crippen molar-refractivity contribution < 1.29 is 9.13 Å². The Labute approximate surface area is 96.7 Å². The van der Waals surface area contributed by atoms with E-state index in [1.807, 2.05) is 0 Å². The van der Waals surface area contributed by atoms with Gasteiger partial charge >= 0.3 is 0 Å². The van der Waals surface area contributed by atoms with Gasteiger partial charge in [-0.05, 0) is 17.7 Å². The lowest BCUT2D eigenvalue weighted by Crippen LogP contribution is -2.10. The average Bonchev–Trinajstić information content (AvgIpc) is 2.81. The minimum atomic E-state index is -0.403. The second-order valence-corrected chi connectivity index (χ2v) is 4.19. The van der Waals surface area contributed by atoms with Gasteiger partial charge in [0, 0.05) is 11.1 Å². The Kier molecular flexibility index (Phi) is 3.17. The molecule has 0 fully saturated rings. The lowest BCUT2D eigenvalue weighted by Gasteiger charge is -2.10. The molecular formula is C11H11FN2OS. The van der Waals surface area contributed by atoms with Gasteiger partial charge in [-0.3, -0.25) is 4.98 Å². The molecule has 84 valence electrons. The summed E-state index contributed by atoms with van der Waals surface area (Å²) in [5.74, 6) is -0.180. The van der Waals surface area contributed by atoms with Crippen LogP contribution in [0, 0.1) is 5.82 Å². The first-order valence-corrected chi connectivity index (χ1v) is 5.57. The topological polar surface area (TPSA) is 48.1 Å². The molecule has 0 amide bonds. The Morgan fingerprint density at radius 1 is 1.50 bits per heavy atom. The minimum absolute atomic E-state index is 0.222. The van der Waals surface area contributed by atoms with E-state index in [1.165, 1.54) is 24.5 Å². The molecule has 1 aromatic carbocycles. The summed E-state index contributed by atoms with van der Waals surface area (Å²) in [6.45, 7) is 0. The highest BCUT2D eigenvalue weighted by Gasteiger charge is 2.13. The SMILES string of the molecule is COc1ccc(C(N)c2cncs2)cc1F. The summed E-state index contributed by atoms with van der Waals surface area (Å²) < 4.78 is 18.3. The molecule has 2 N–H and O–H groups in total. The first-order valence-electron chi connectivity index (χ1n) is 4.69. The highest BCUT2D eigenvalue weighted by Crippen LogP contribution is 2.26. The van der Waals surface area contributed by atoms with E-state index in [-0.39, 0.29) is 11.8 Å². The van der Waals surface area contributed by atoms with Gasteiger partial charge in [-0.1, -0.05) is 6.07 Å². The van der Waals surface area contributed by atoms with Gasteiger partial charge in [-0.15, -0.1) is 11.3 Å². The molecule has 0 radical (unpaired) electrons. The van der Waals surface area contributed by atoms with Crippen LogP contribution in [-0.2, 0) is 0 Å². The molecule has 0 aliphatic heterocycles. The van der Waals surface area contributed by atoms with Crippen molar-refractivity contribution in [3.05, 3.63) is 46.2 Å². The highest BCUT2D eigenvalue weighted by atomic mass is 32.1. The predicted molar refractivity (Wildman–Crippen MR) is 61.1 cm³/mol. The third-order valence-corrected chi connectivity index (χ3v) is 3.15. The van der Waals surface area contributed by atoms with Crippen molar-refractivity contribution in [3.8, 4) is 5.75 Å². The summed E-state index contributed by atoms with van der Waals surface area (Å²) in [6, 6.07) is 4.38. The van der Waals surface area contributed by atoms with Crippen LogP contribution in [0.15, 0.2) is 29.9 Å². The molecule has 0 aliphatic carbocycles. The van der Waals surface area contributed by atoms with Gasteiger partial charge in [-0.25, -0.2) is 4.39 Å². The molecule has 0 aliphatic rings. The lowest BCUT2D eigenvalue weighted by atomic mass is 10.1. The largest absolute Gasteiger partial charge is 0.494 e. The van der Waals surface area contributed by atoms with E-state index in [4.69, 9.17) is 10.5 Å². The maximum Gasteiger partial charge on any atom is 0.165 e. The maximum atomic E-state index is 13.5. The number of hydrogen-bond donors (Lipinski definition) is 1. The van der Waals surface area contributed by atoms with Gasteiger partial charge in [0.2, 0.25) is 0 Å². The molecule has 1 aromatic heterocycles. The zero-order valence-electron chi connectivity index (χ0n) is 8.68. The summed E-state index contributed by atoms with van der Waals surface area (Å²) in [7, 11) is 1.43. The normalized spacial score (nSPS) is 12.4. The van der Waals surface area contributed by atoms with Crippen LogP contribution < -0.4 is 10.5 Å². The number of aromatic nitrogens is 1. The average molecular weight is 238 g/mol. The molecule has 16 heavy (non-hydrogen) atoms. The maximum absolute atomic E-state index is 13.5. The van der Waals surface area contributed by atoms with Crippen LogP contribution in [0.25, 0.3) is 0 Å².